The number of nitrogens with zero attached hydrogens (tertiary/aromatic N) is 1. The molecule has 1 aromatic carbocycles. The van der Waals surface area contributed by atoms with Crippen LogP contribution in [0, 0.1) is 5.92 Å². The number of anilines is 1. The summed E-state index contributed by atoms with van der Waals surface area (Å²) in [6, 6.07) is 8.65. The Bertz CT molecular complexity index is 600. The first-order valence-corrected chi connectivity index (χ1v) is 7.96. The summed E-state index contributed by atoms with van der Waals surface area (Å²) in [6.45, 7) is 3.82. The van der Waals surface area contributed by atoms with Gasteiger partial charge in [0, 0.05) is 18.0 Å². The molecular weight excluding hydrogens is 294 g/mol. The lowest BCUT2D eigenvalue weighted by atomic mass is 9.83. The van der Waals surface area contributed by atoms with Crippen LogP contribution >= 0.6 is 0 Å². The second kappa shape index (κ2) is 6.64. The van der Waals surface area contributed by atoms with E-state index < -0.39 is 24.2 Å². The van der Waals surface area contributed by atoms with E-state index in [1.54, 1.807) is 11.0 Å². The van der Waals surface area contributed by atoms with Crippen molar-refractivity contribution in [2.75, 3.05) is 11.5 Å². The van der Waals surface area contributed by atoms with E-state index in [1.807, 2.05) is 30.3 Å². The fraction of sp³-hybridized carbons (Fsp3) is 0.444. The summed E-state index contributed by atoms with van der Waals surface area (Å²) in [7, 11) is 0. The minimum Gasteiger partial charge on any atom is -0.390 e. The lowest BCUT2D eigenvalue weighted by Gasteiger charge is -2.49. The van der Waals surface area contributed by atoms with Gasteiger partial charge >= 0.3 is 0 Å². The van der Waals surface area contributed by atoms with Crippen molar-refractivity contribution in [3.05, 3.63) is 43.0 Å². The highest BCUT2D eigenvalue weighted by atomic mass is 16.5. The molecule has 1 aliphatic heterocycles. The lowest BCUT2D eigenvalue weighted by Crippen LogP contribution is -2.71. The summed E-state index contributed by atoms with van der Waals surface area (Å²) in [5.41, 5.74) is 0.713. The zero-order valence-corrected chi connectivity index (χ0v) is 12.9. The molecule has 5 nitrogen and oxygen atoms in total. The van der Waals surface area contributed by atoms with Crippen molar-refractivity contribution in [2.45, 2.75) is 37.5 Å². The van der Waals surface area contributed by atoms with Crippen LogP contribution in [-0.2, 0) is 14.3 Å². The van der Waals surface area contributed by atoms with Gasteiger partial charge in [-0.15, -0.1) is 6.58 Å². The van der Waals surface area contributed by atoms with E-state index >= 15 is 0 Å². The van der Waals surface area contributed by atoms with Crippen molar-refractivity contribution in [3.63, 3.8) is 0 Å². The summed E-state index contributed by atoms with van der Waals surface area (Å²) in [5.74, 6) is -0.519. The van der Waals surface area contributed by atoms with Crippen molar-refractivity contribution in [1.82, 2.24) is 0 Å². The molecule has 0 bridgehead atoms. The number of amides is 1. The van der Waals surface area contributed by atoms with E-state index in [4.69, 9.17) is 4.74 Å². The number of para-hydroxylation sites is 1. The quantitative estimate of drug-likeness (QED) is 0.641. The number of rotatable bonds is 6. The van der Waals surface area contributed by atoms with Gasteiger partial charge in [0.1, 0.15) is 5.78 Å². The lowest BCUT2D eigenvalue weighted by molar-refractivity contribution is -0.149. The zero-order chi connectivity index (χ0) is 16.4. The third-order valence-corrected chi connectivity index (χ3v) is 4.63. The van der Waals surface area contributed by atoms with Gasteiger partial charge in [0.2, 0.25) is 0 Å². The Hall–Kier alpha value is -1.98. The summed E-state index contributed by atoms with van der Waals surface area (Å²) in [5, 5.41) is 10.7. The molecule has 1 amide bonds. The summed E-state index contributed by atoms with van der Waals surface area (Å²) < 4.78 is 5.54. The molecule has 4 atom stereocenters. The van der Waals surface area contributed by atoms with E-state index in [0.717, 1.165) is 6.42 Å². The van der Waals surface area contributed by atoms with Gasteiger partial charge < -0.3 is 14.7 Å². The Morgan fingerprint density at radius 3 is 2.70 bits per heavy atom. The highest BCUT2D eigenvalue weighted by Crippen LogP contribution is 2.37. The Morgan fingerprint density at radius 2 is 2.09 bits per heavy atom. The maximum Gasteiger partial charge on any atom is 0.258 e. The molecule has 1 heterocycles. The Kier molecular flexibility index (Phi) is 4.59. The SMILES string of the molecule is C=CCO[C@H]1C(=O)N(c2ccccc2)[C@H]1[C@@H](O)[C@@H]1CCCC1=O. The van der Waals surface area contributed by atoms with Crippen LogP contribution in [0.25, 0.3) is 0 Å². The van der Waals surface area contributed by atoms with Gasteiger partial charge in [0.25, 0.3) is 5.91 Å². The van der Waals surface area contributed by atoms with Crippen LogP contribution < -0.4 is 4.90 Å². The third-order valence-electron chi connectivity index (χ3n) is 4.63. The van der Waals surface area contributed by atoms with Crippen molar-refractivity contribution in [2.24, 2.45) is 5.92 Å². The molecule has 3 rings (SSSR count). The molecule has 1 aromatic rings. The van der Waals surface area contributed by atoms with Gasteiger partial charge in [0.15, 0.2) is 6.10 Å². The Labute approximate surface area is 135 Å². The van der Waals surface area contributed by atoms with Gasteiger partial charge in [-0.25, -0.2) is 0 Å². The molecule has 0 aromatic heterocycles. The first-order chi connectivity index (χ1) is 11.1. The second-order valence-electron chi connectivity index (χ2n) is 6.03. The minimum absolute atomic E-state index is 0.0762. The van der Waals surface area contributed by atoms with Crippen LogP contribution in [0.15, 0.2) is 43.0 Å². The highest BCUT2D eigenvalue weighted by Gasteiger charge is 2.55. The largest absolute Gasteiger partial charge is 0.390 e. The molecule has 122 valence electrons. The maximum atomic E-state index is 12.4. The average molecular weight is 315 g/mol. The molecule has 0 unspecified atom stereocenters. The topological polar surface area (TPSA) is 66.8 Å². The number of carbonyl (C=O) groups excluding carboxylic acids is 2. The molecule has 23 heavy (non-hydrogen) atoms. The van der Waals surface area contributed by atoms with E-state index in [9.17, 15) is 14.7 Å². The van der Waals surface area contributed by atoms with Gasteiger partial charge in [-0.2, -0.15) is 0 Å². The minimum atomic E-state index is -0.905. The number of Topliss-reactive ketones (excluding diaryl/α,β-unsaturated/α-hetero) is 1. The molecule has 1 saturated carbocycles. The molecule has 1 saturated heterocycles. The number of benzene rings is 1. The molecule has 0 radical (unpaired) electrons. The Morgan fingerprint density at radius 1 is 1.35 bits per heavy atom. The van der Waals surface area contributed by atoms with Crippen LogP contribution in [0.2, 0.25) is 0 Å². The van der Waals surface area contributed by atoms with E-state index in [1.165, 1.54) is 0 Å². The molecule has 1 N–H and O–H groups in total. The number of ketones is 1. The molecule has 1 aliphatic carbocycles. The van der Waals surface area contributed by atoms with Gasteiger partial charge in [0.05, 0.1) is 18.8 Å². The number of ether oxygens (including phenoxy) is 1. The summed E-state index contributed by atoms with van der Waals surface area (Å²) in [6.07, 6.45) is 1.91. The fourth-order valence-corrected chi connectivity index (χ4v) is 3.49. The average Bonchev–Trinajstić information content (AvgIpc) is 2.99. The fourth-order valence-electron chi connectivity index (χ4n) is 3.49. The van der Waals surface area contributed by atoms with Crippen molar-refractivity contribution in [1.29, 1.82) is 0 Å². The normalized spacial score (nSPS) is 28.6. The van der Waals surface area contributed by atoms with Crippen LogP contribution in [-0.4, -0.2) is 41.7 Å². The zero-order valence-electron chi connectivity index (χ0n) is 12.9. The van der Waals surface area contributed by atoms with Gasteiger partial charge in [-0.1, -0.05) is 24.3 Å². The summed E-state index contributed by atoms with van der Waals surface area (Å²) >= 11 is 0. The van der Waals surface area contributed by atoms with Crippen LogP contribution in [0.3, 0.4) is 0 Å². The number of aliphatic hydroxyl groups excluding tert-OH is 1. The standard InChI is InChI=1S/C18H21NO4/c1-2-11-23-17-15(16(21)13-9-6-10-14(13)20)19(18(17)22)12-7-4-3-5-8-12/h2-5,7-8,13,15-17,21H,1,6,9-11H2/t13-,15+,16+,17-/m1/s1. The first-order valence-electron chi connectivity index (χ1n) is 7.96. The van der Waals surface area contributed by atoms with E-state index in [-0.39, 0.29) is 18.3 Å². The van der Waals surface area contributed by atoms with Crippen LogP contribution in [0.4, 0.5) is 5.69 Å². The number of aliphatic hydroxyl groups is 1. The smallest absolute Gasteiger partial charge is 0.258 e. The number of carbonyl (C=O) groups is 2. The Balaban J connectivity index is 1.85. The number of β-lactam (4-membered cyclic amide) rings is 1. The van der Waals surface area contributed by atoms with E-state index in [0.29, 0.717) is 18.5 Å². The van der Waals surface area contributed by atoms with Crippen molar-refractivity contribution >= 4 is 17.4 Å². The van der Waals surface area contributed by atoms with Crippen molar-refractivity contribution < 1.29 is 19.4 Å². The molecule has 0 spiro atoms. The molecular formula is C18H21NO4. The van der Waals surface area contributed by atoms with E-state index in [2.05, 4.69) is 6.58 Å². The number of hydrogen-bond acceptors (Lipinski definition) is 4. The predicted molar refractivity (Wildman–Crippen MR) is 86.0 cm³/mol. The number of hydrogen-bond donors (Lipinski definition) is 1. The molecule has 5 heteroatoms. The van der Waals surface area contributed by atoms with Crippen LogP contribution in [0.5, 0.6) is 0 Å². The first kappa shape index (κ1) is 15.9. The van der Waals surface area contributed by atoms with Crippen LogP contribution in [0.1, 0.15) is 19.3 Å². The van der Waals surface area contributed by atoms with Gasteiger partial charge in [-0.05, 0) is 25.0 Å². The second-order valence-corrected chi connectivity index (χ2v) is 6.03. The predicted octanol–water partition coefficient (Wildman–Crippen LogP) is 1.70. The van der Waals surface area contributed by atoms with Crippen molar-refractivity contribution in [3.8, 4) is 0 Å². The summed E-state index contributed by atoms with van der Waals surface area (Å²) in [4.78, 5) is 26.0. The molecule has 2 aliphatic rings. The highest BCUT2D eigenvalue weighted by molar-refractivity contribution is 6.05. The monoisotopic (exact) mass is 315 g/mol. The maximum absolute atomic E-state index is 12.4. The third kappa shape index (κ3) is 2.82. The molecule has 2 fully saturated rings. The van der Waals surface area contributed by atoms with Gasteiger partial charge in [-0.3, -0.25) is 9.59 Å².